The molecule has 130 valence electrons. The van der Waals surface area contributed by atoms with Gasteiger partial charge in [0.1, 0.15) is 0 Å². The van der Waals surface area contributed by atoms with E-state index in [0.29, 0.717) is 12.1 Å². The maximum Gasteiger partial charge on any atom is 0.251 e. The van der Waals surface area contributed by atoms with Crippen molar-refractivity contribution in [3.63, 3.8) is 0 Å². The summed E-state index contributed by atoms with van der Waals surface area (Å²) < 4.78 is 3.60. The summed E-state index contributed by atoms with van der Waals surface area (Å²) in [7, 11) is 0. The van der Waals surface area contributed by atoms with Crippen molar-refractivity contribution in [3.05, 3.63) is 60.9 Å². The molecule has 7 nitrogen and oxygen atoms in total. The van der Waals surface area contributed by atoms with Gasteiger partial charge in [-0.3, -0.25) is 4.79 Å². The van der Waals surface area contributed by atoms with Gasteiger partial charge in [-0.25, -0.2) is 9.67 Å². The van der Waals surface area contributed by atoms with Gasteiger partial charge in [-0.15, -0.1) is 5.10 Å². The van der Waals surface area contributed by atoms with E-state index in [4.69, 9.17) is 0 Å². The van der Waals surface area contributed by atoms with Crippen LogP contribution in [-0.4, -0.2) is 36.5 Å². The molecule has 1 aromatic carbocycles. The van der Waals surface area contributed by atoms with Gasteiger partial charge in [0.25, 0.3) is 5.91 Å². The fourth-order valence-corrected chi connectivity index (χ4v) is 2.52. The summed E-state index contributed by atoms with van der Waals surface area (Å²) in [5.74, 6) is -0.109. The van der Waals surface area contributed by atoms with Gasteiger partial charge in [-0.2, -0.15) is 0 Å². The molecule has 0 aliphatic carbocycles. The first-order valence-electron chi connectivity index (χ1n) is 8.17. The fourth-order valence-electron chi connectivity index (χ4n) is 2.52. The summed E-state index contributed by atoms with van der Waals surface area (Å²) in [4.78, 5) is 16.8. The normalized spacial score (nSPS) is 12.8. The predicted molar refractivity (Wildman–Crippen MR) is 94.3 cm³/mol. The third-order valence-electron chi connectivity index (χ3n) is 4.10. The van der Waals surface area contributed by atoms with E-state index in [-0.39, 0.29) is 17.4 Å². The fraction of sp³-hybridized carbons (Fsp3) is 0.333. The van der Waals surface area contributed by atoms with Crippen LogP contribution in [0.15, 0.2) is 55.4 Å². The van der Waals surface area contributed by atoms with Crippen molar-refractivity contribution in [1.29, 1.82) is 0 Å². The van der Waals surface area contributed by atoms with E-state index in [1.54, 1.807) is 41.7 Å². The molecule has 2 heterocycles. The third-order valence-corrected chi connectivity index (χ3v) is 4.10. The number of amides is 1. The van der Waals surface area contributed by atoms with Crippen LogP contribution in [0.5, 0.6) is 0 Å². The quantitative estimate of drug-likeness (QED) is 0.774. The van der Waals surface area contributed by atoms with Crippen LogP contribution in [0.3, 0.4) is 0 Å². The van der Waals surface area contributed by atoms with Crippen molar-refractivity contribution < 1.29 is 4.79 Å². The van der Waals surface area contributed by atoms with E-state index in [1.807, 2.05) is 22.9 Å². The number of imidazole rings is 1. The minimum absolute atomic E-state index is 0.0378. The maximum absolute atomic E-state index is 12.8. The Balaban J connectivity index is 1.78. The van der Waals surface area contributed by atoms with Gasteiger partial charge >= 0.3 is 0 Å². The number of rotatable bonds is 5. The molecule has 0 aliphatic heterocycles. The van der Waals surface area contributed by atoms with Crippen molar-refractivity contribution >= 4 is 5.91 Å². The number of carbonyl (C=O) groups is 1. The summed E-state index contributed by atoms with van der Waals surface area (Å²) in [6.45, 7) is 7.00. The van der Waals surface area contributed by atoms with E-state index < -0.39 is 0 Å². The second-order valence-corrected chi connectivity index (χ2v) is 7.05. The molecule has 0 saturated carbocycles. The molecule has 0 aliphatic rings. The molecule has 1 N–H and O–H groups in total. The highest BCUT2D eigenvalue weighted by atomic mass is 16.1. The van der Waals surface area contributed by atoms with Crippen LogP contribution in [0.4, 0.5) is 0 Å². The number of hydrogen-bond acceptors (Lipinski definition) is 4. The standard InChI is InChI=1S/C18H22N6O/c1-18(2,3)16(12-23-9-7-19-13-23)21-17(25)14-5-4-6-15(11-14)24-10-8-20-22-24/h4-11,13,16H,12H2,1-3H3,(H,21,25). The van der Waals surface area contributed by atoms with E-state index >= 15 is 0 Å². The third kappa shape index (κ3) is 4.12. The van der Waals surface area contributed by atoms with Crippen molar-refractivity contribution in [3.8, 4) is 5.69 Å². The number of nitrogens with one attached hydrogen (secondary N) is 1. The van der Waals surface area contributed by atoms with Crippen LogP contribution >= 0.6 is 0 Å². The molecule has 0 saturated heterocycles. The summed E-state index contributed by atoms with van der Waals surface area (Å²) in [5, 5.41) is 10.9. The van der Waals surface area contributed by atoms with Gasteiger partial charge in [0, 0.05) is 24.5 Å². The van der Waals surface area contributed by atoms with Crippen LogP contribution in [0, 0.1) is 5.41 Å². The SMILES string of the molecule is CC(C)(C)C(Cn1ccnc1)NC(=O)c1cccc(-n2ccnn2)c1. The van der Waals surface area contributed by atoms with Gasteiger partial charge < -0.3 is 9.88 Å². The molecule has 0 fully saturated rings. The van der Waals surface area contributed by atoms with Crippen LogP contribution in [0.2, 0.25) is 0 Å². The molecule has 7 heteroatoms. The largest absolute Gasteiger partial charge is 0.347 e. The van der Waals surface area contributed by atoms with Gasteiger partial charge in [-0.1, -0.05) is 32.1 Å². The van der Waals surface area contributed by atoms with Crippen LogP contribution in [0.1, 0.15) is 31.1 Å². The maximum atomic E-state index is 12.8. The average molecular weight is 338 g/mol. The highest BCUT2D eigenvalue weighted by Crippen LogP contribution is 2.21. The predicted octanol–water partition coefficient (Wildman–Crippen LogP) is 2.31. The minimum Gasteiger partial charge on any atom is -0.347 e. The molecule has 0 bridgehead atoms. The van der Waals surface area contributed by atoms with Gasteiger partial charge in [0.2, 0.25) is 0 Å². The summed E-state index contributed by atoms with van der Waals surface area (Å²) in [6, 6.07) is 7.30. The second kappa shape index (κ2) is 6.88. The van der Waals surface area contributed by atoms with Gasteiger partial charge in [0.15, 0.2) is 0 Å². The first-order valence-corrected chi connectivity index (χ1v) is 8.17. The lowest BCUT2D eigenvalue weighted by Crippen LogP contribution is -2.46. The van der Waals surface area contributed by atoms with Crippen LogP contribution in [-0.2, 0) is 6.54 Å². The average Bonchev–Trinajstić information content (AvgIpc) is 3.27. The number of aromatic nitrogens is 5. The lowest BCUT2D eigenvalue weighted by molar-refractivity contribution is 0.0892. The molecule has 0 radical (unpaired) electrons. The van der Waals surface area contributed by atoms with E-state index in [0.717, 1.165) is 5.69 Å². The Hall–Kier alpha value is -2.96. The molecule has 25 heavy (non-hydrogen) atoms. The Labute approximate surface area is 146 Å². The monoisotopic (exact) mass is 338 g/mol. The highest BCUT2D eigenvalue weighted by Gasteiger charge is 2.27. The van der Waals surface area contributed by atoms with E-state index in [9.17, 15) is 4.79 Å². The molecular weight excluding hydrogens is 316 g/mol. The van der Waals surface area contributed by atoms with Gasteiger partial charge in [-0.05, 0) is 23.6 Å². The smallest absolute Gasteiger partial charge is 0.251 e. The molecule has 3 rings (SSSR count). The Kier molecular flexibility index (Phi) is 4.65. The number of benzene rings is 1. The number of hydrogen-bond donors (Lipinski definition) is 1. The molecular formula is C18H22N6O. The Morgan fingerprint density at radius 3 is 2.72 bits per heavy atom. The zero-order valence-electron chi connectivity index (χ0n) is 14.6. The Bertz CT molecular complexity index is 818. The highest BCUT2D eigenvalue weighted by molar-refractivity contribution is 5.95. The first-order chi connectivity index (χ1) is 11.9. The van der Waals surface area contributed by atoms with Crippen molar-refractivity contribution in [2.75, 3.05) is 0 Å². The lowest BCUT2D eigenvalue weighted by atomic mass is 9.86. The Morgan fingerprint density at radius 2 is 2.08 bits per heavy atom. The lowest BCUT2D eigenvalue weighted by Gasteiger charge is -2.31. The minimum atomic E-state index is -0.109. The van der Waals surface area contributed by atoms with Crippen molar-refractivity contribution in [2.24, 2.45) is 5.41 Å². The van der Waals surface area contributed by atoms with E-state index in [1.165, 1.54) is 0 Å². The second-order valence-electron chi connectivity index (χ2n) is 7.05. The summed E-state index contributed by atoms with van der Waals surface area (Å²) in [6.07, 6.45) is 8.75. The molecule has 0 spiro atoms. The van der Waals surface area contributed by atoms with Gasteiger partial charge in [0.05, 0.1) is 30.5 Å². The number of nitrogens with zero attached hydrogens (tertiary/aromatic N) is 5. The first kappa shape index (κ1) is 16.9. The van der Waals surface area contributed by atoms with Crippen LogP contribution < -0.4 is 5.32 Å². The topological polar surface area (TPSA) is 77.6 Å². The van der Waals surface area contributed by atoms with E-state index in [2.05, 4.69) is 41.4 Å². The molecule has 2 aromatic heterocycles. The molecule has 1 atom stereocenters. The molecule has 1 unspecified atom stereocenters. The Morgan fingerprint density at radius 1 is 1.24 bits per heavy atom. The summed E-state index contributed by atoms with van der Waals surface area (Å²) in [5.41, 5.74) is 1.30. The van der Waals surface area contributed by atoms with Crippen LogP contribution in [0.25, 0.3) is 5.69 Å². The zero-order chi connectivity index (χ0) is 17.9. The summed E-state index contributed by atoms with van der Waals surface area (Å²) >= 11 is 0. The zero-order valence-corrected chi connectivity index (χ0v) is 14.6. The number of carbonyl (C=O) groups excluding carboxylic acids is 1. The molecule has 1 amide bonds. The van der Waals surface area contributed by atoms with Crippen molar-refractivity contribution in [1.82, 2.24) is 29.9 Å². The molecule has 3 aromatic rings. The van der Waals surface area contributed by atoms with Crippen molar-refractivity contribution in [2.45, 2.75) is 33.4 Å².